The Morgan fingerprint density at radius 3 is 2.68 bits per heavy atom. The van der Waals surface area contributed by atoms with E-state index in [1.165, 1.54) is 32.6 Å². The SMILES string of the molecule is COC(=O)c1ccc(OC2=COC3C(CCC(O)C3CN3CCCCC3C)C2=O)cc1. The van der Waals surface area contributed by atoms with E-state index in [1.54, 1.807) is 24.3 Å². The molecule has 0 aromatic heterocycles. The number of carbonyl (C=O) groups is 2. The van der Waals surface area contributed by atoms with Gasteiger partial charge in [0.2, 0.25) is 11.5 Å². The summed E-state index contributed by atoms with van der Waals surface area (Å²) in [6.07, 6.45) is 5.35. The summed E-state index contributed by atoms with van der Waals surface area (Å²) in [6, 6.07) is 6.91. The number of piperidine rings is 1. The Balaban J connectivity index is 1.46. The van der Waals surface area contributed by atoms with Crippen LogP contribution in [-0.2, 0) is 14.3 Å². The van der Waals surface area contributed by atoms with Gasteiger partial charge in [-0.2, -0.15) is 0 Å². The number of aliphatic hydroxyl groups excluding tert-OH is 1. The van der Waals surface area contributed by atoms with Crippen molar-refractivity contribution in [3.8, 4) is 5.75 Å². The van der Waals surface area contributed by atoms with E-state index in [-0.39, 0.29) is 29.5 Å². The van der Waals surface area contributed by atoms with Gasteiger partial charge in [-0.25, -0.2) is 4.79 Å². The number of ketones is 1. The molecule has 7 nitrogen and oxygen atoms in total. The molecule has 4 rings (SSSR count). The molecule has 31 heavy (non-hydrogen) atoms. The van der Waals surface area contributed by atoms with Crippen LogP contribution in [0.25, 0.3) is 0 Å². The molecule has 1 aromatic carbocycles. The van der Waals surface area contributed by atoms with Gasteiger partial charge in [0.15, 0.2) is 0 Å². The smallest absolute Gasteiger partial charge is 0.337 e. The minimum atomic E-state index is -0.468. The first kappa shape index (κ1) is 21.8. The number of fused-ring (bicyclic) bond motifs is 1. The summed E-state index contributed by atoms with van der Waals surface area (Å²) < 4.78 is 16.5. The summed E-state index contributed by atoms with van der Waals surface area (Å²) in [7, 11) is 1.33. The molecule has 2 fully saturated rings. The van der Waals surface area contributed by atoms with Crippen LogP contribution in [0.15, 0.2) is 36.3 Å². The van der Waals surface area contributed by atoms with Gasteiger partial charge in [0.1, 0.15) is 18.1 Å². The Morgan fingerprint density at radius 2 is 1.97 bits per heavy atom. The van der Waals surface area contributed by atoms with E-state index in [2.05, 4.69) is 11.8 Å². The molecular formula is C24H31NO6. The Kier molecular flexibility index (Phi) is 6.62. The number of aliphatic hydroxyl groups is 1. The number of benzene rings is 1. The van der Waals surface area contributed by atoms with Gasteiger partial charge in [-0.3, -0.25) is 4.79 Å². The highest BCUT2D eigenvalue weighted by Crippen LogP contribution is 2.38. The van der Waals surface area contributed by atoms with Gasteiger partial charge in [0.05, 0.1) is 24.7 Å². The van der Waals surface area contributed by atoms with Crippen molar-refractivity contribution >= 4 is 11.8 Å². The topological polar surface area (TPSA) is 85.3 Å². The van der Waals surface area contributed by atoms with Gasteiger partial charge in [-0.15, -0.1) is 0 Å². The van der Waals surface area contributed by atoms with Crippen molar-refractivity contribution in [3.63, 3.8) is 0 Å². The second-order valence-electron chi connectivity index (χ2n) is 8.82. The molecule has 1 saturated heterocycles. The first-order valence-corrected chi connectivity index (χ1v) is 11.2. The van der Waals surface area contributed by atoms with Gasteiger partial charge >= 0.3 is 5.97 Å². The van der Waals surface area contributed by atoms with Gasteiger partial charge in [-0.05, 0) is 63.4 Å². The third kappa shape index (κ3) is 4.62. The number of carbonyl (C=O) groups excluding carboxylic acids is 2. The van der Waals surface area contributed by atoms with Gasteiger partial charge < -0.3 is 24.2 Å². The lowest BCUT2D eigenvalue weighted by Crippen LogP contribution is -2.54. The number of Topliss-reactive ketones (excluding diaryl/α,β-unsaturated/α-hetero) is 1. The Bertz CT molecular complexity index is 835. The Morgan fingerprint density at radius 1 is 1.19 bits per heavy atom. The summed E-state index contributed by atoms with van der Waals surface area (Å²) in [5.41, 5.74) is 0.408. The average Bonchev–Trinajstić information content (AvgIpc) is 2.78. The fourth-order valence-corrected chi connectivity index (χ4v) is 5.01. The van der Waals surface area contributed by atoms with Crippen LogP contribution in [0.2, 0.25) is 0 Å². The van der Waals surface area contributed by atoms with E-state index < -0.39 is 12.1 Å². The summed E-state index contributed by atoms with van der Waals surface area (Å²) >= 11 is 0. The van der Waals surface area contributed by atoms with Crippen LogP contribution < -0.4 is 4.74 Å². The maximum atomic E-state index is 13.2. The van der Waals surface area contributed by atoms with Crippen molar-refractivity contribution in [1.82, 2.24) is 4.90 Å². The zero-order valence-corrected chi connectivity index (χ0v) is 18.2. The molecule has 1 aromatic rings. The quantitative estimate of drug-likeness (QED) is 0.721. The maximum Gasteiger partial charge on any atom is 0.337 e. The monoisotopic (exact) mass is 429 g/mol. The van der Waals surface area contributed by atoms with Crippen LogP contribution in [0, 0.1) is 11.8 Å². The van der Waals surface area contributed by atoms with Crippen LogP contribution in [-0.4, -0.2) is 60.2 Å². The zero-order valence-electron chi connectivity index (χ0n) is 18.2. The highest BCUT2D eigenvalue weighted by atomic mass is 16.5. The predicted molar refractivity (Wildman–Crippen MR) is 113 cm³/mol. The minimum Gasteiger partial charge on any atom is -0.493 e. The van der Waals surface area contributed by atoms with Crippen molar-refractivity contribution in [3.05, 3.63) is 41.9 Å². The van der Waals surface area contributed by atoms with E-state index >= 15 is 0 Å². The molecule has 0 bridgehead atoms. The van der Waals surface area contributed by atoms with E-state index in [4.69, 9.17) is 14.2 Å². The number of rotatable bonds is 5. The lowest BCUT2D eigenvalue weighted by atomic mass is 9.73. The normalized spacial score (nSPS) is 31.3. The summed E-state index contributed by atoms with van der Waals surface area (Å²) in [5.74, 6) is -0.321. The Labute approximate surface area is 183 Å². The lowest BCUT2D eigenvalue weighted by molar-refractivity contribution is -0.140. The molecule has 1 aliphatic carbocycles. The van der Waals surface area contributed by atoms with E-state index in [0.29, 0.717) is 30.2 Å². The predicted octanol–water partition coefficient (Wildman–Crippen LogP) is 2.92. The molecule has 5 atom stereocenters. The molecule has 2 aliphatic heterocycles. The highest BCUT2D eigenvalue weighted by molar-refractivity contribution is 5.96. The van der Waals surface area contributed by atoms with Crippen LogP contribution >= 0.6 is 0 Å². The van der Waals surface area contributed by atoms with Gasteiger partial charge in [0.25, 0.3) is 0 Å². The number of methoxy groups -OCH3 is 1. The van der Waals surface area contributed by atoms with Gasteiger partial charge in [-0.1, -0.05) is 6.42 Å². The van der Waals surface area contributed by atoms with Crippen LogP contribution in [0.1, 0.15) is 49.4 Å². The fraction of sp³-hybridized carbons (Fsp3) is 0.583. The first-order valence-electron chi connectivity index (χ1n) is 11.2. The van der Waals surface area contributed by atoms with Crippen LogP contribution in [0.3, 0.4) is 0 Å². The molecule has 0 spiro atoms. The molecule has 0 amide bonds. The second-order valence-corrected chi connectivity index (χ2v) is 8.82. The number of likely N-dealkylation sites (tertiary alicyclic amines) is 1. The largest absolute Gasteiger partial charge is 0.493 e. The standard InChI is InChI=1S/C24H31NO6/c1-15-5-3-4-12-25(15)13-19-20(26)11-10-18-22(27)21(14-30-23(18)19)31-17-8-6-16(7-9-17)24(28)29-2/h6-9,14-15,18-20,23,26H,3-5,10-13H2,1-2H3. The molecule has 1 N–H and O–H groups in total. The number of ether oxygens (including phenoxy) is 3. The number of hydrogen-bond acceptors (Lipinski definition) is 7. The first-order chi connectivity index (χ1) is 15.0. The van der Waals surface area contributed by atoms with E-state index in [9.17, 15) is 14.7 Å². The fourth-order valence-electron chi connectivity index (χ4n) is 5.01. The number of esters is 1. The average molecular weight is 430 g/mol. The lowest BCUT2D eigenvalue weighted by Gasteiger charge is -2.45. The molecule has 0 radical (unpaired) electrons. The third-order valence-corrected chi connectivity index (χ3v) is 6.89. The molecule has 1 saturated carbocycles. The minimum absolute atomic E-state index is 0.0862. The summed E-state index contributed by atoms with van der Waals surface area (Å²) in [5, 5.41) is 10.7. The van der Waals surface area contributed by atoms with E-state index in [0.717, 1.165) is 13.1 Å². The van der Waals surface area contributed by atoms with Crippen molar-refractivity contribution in [1.29, 1.82) is 0 Å². The van der Waals surface area contributed by atoms with E-state index in [1.807, 2.05) is 0 Å². The molecule has 7 heteroatoms. The second kappa shape index (κ2) is 9.40. The molecule has 5 unspecified atom stereocenters. The molecule has 168 valence electrons. The van der Waals surface area contributed by atoms with Crippen molar-refractivity contribution in [2.75, 3.05) is 20.2 Å². The van der Waals surface area contributed by atoms with Crippen molar-refractivity contribution in [2.45, 2.75) is 57.3 Å². The molecule has 3 aliphatic rings. The molecule has 2 heterocycles. The maximum absolute atomic E-state index is 13.2. The zero-order chi connectivity index (χ0) is 22.0. The van der Waals surface area contributed by atoms with Crippen LogP contribution in [0.5, 0.6) is 5.75 Å². The summed E-state index contributed by atoms with van der Waals surface area (Å²) in [4.78, 5) is 27.1. The third-order valence-electron chi connectivity index (χ3n) is 6.89. The Hall–Kier alpha value is -2.38. The van der Waals surface area contributed by atoms with Crippen molar-refractivity contribution in [2.24, 2.45) is 11.8 Å². The summed E-state index contributed by atoms with van der Waals surface area (Å²) in [6.45, 7) is 4.01. The van der Waals surface area contributed by atoms with Crippen LogP contribution in [0.4, 0.5) is 0 Å². The number of hydrogen-bond donors (Lipinski definition) is 1. The van der Waals surface area contributed by atoms with Crippen molar-refractivity contribution < 1.29 is 28.9 Å². The highest BCUT2D eigenvalue weighted by Gasteiger charge is 2.47. The number of allylic oxidation sites excluding steroid dienone is 1. The molecular weight excluding hydrogens is 398 g/mol. The van der Waals surface area contributed by atoms with Gasteiger partial charge in [0, 0.05) is 18.5 Å². The number of nitrogens with zero attached hydrogens (tertiary/aromatic N) is 1.